The number of carbonyl (C=O) groups is 3. The van der Waals surface area contributed by atoms with Crippen molar-refractivity contribution in [3.05, 3.63) is 11.1 Å². The Labute approximate surface area is 118 Å². The molecule has 0 aliphatic heterocycles. The zero-order valence-electron chi connectivity index (χ0n) is 12.2. The first-order valence-corrected chi connectivity index (χ1v) is 6.83. The predicted molar refractivity (Wildman–Crippen MR) is 74.1 cm³/mol. The maximum atomic E-state index is 11.7. The predicted octanol–water partition coefficient (Wildman–Crippen LogP) is 1.81. The molecule has 1 saturated carbocycles. The van der Waals surface area contributed by atoms with Gasteiger partial charge >= 0.3 is 12.0 Å². The monoisotopic (exact) mass is 282 g/mol. The highest BCUT2D eigenvalue weighted by atomic mass is 16.4. The first-order chi connectivity index (χ1) is 9.31. The molecule has 0 aromatic heterocycles. The van der Waals surface area contributed by atoms with Crippen LogP contribution in [0, 0.1) is 5.92 Å². The summed E-state index contributed by atoms with van der Waals surface area (Å²) in [5.41, 5.74) is -0.0359. The Bertz CT molecular complexity index is 442. The van der Waals surface area contributed by atoms with Crippen molar-refractivity contribution in [2.24, 2.45) is 5.92 Å². The van der Waals surface area contributed by atoms with Crippen molar-refractivity contribution in [3.8, 4) is 0 Å². The molecule has 2 unspecified atom stereocenters. The highest BCUT2D eigenvalue weighted by molar-refractivity contribution is 6.07. The smallest absolute Gasteiger partial charge is 0.331 e. The molecule has 2 atom stereocenters. The Morgan fingerprint density at radius 3 is 2.30 bits per heavy atom. The molecule has 6 heteroatoms. The van der Waals surface area contributed by atoms with Crippen molar-refractivity contribution in [2.75, 3.05) is 0 Å². The molecule has 1 aliphatic carbocycles. The molecule has 3 amide bonds. The number of imide groups is 1. The molecule has 3 N–H and O–H groups in total. The summed E-state index contributed by atoms with van der Waals surface area (Å²) >= 11 is 0. The minimum absolute atomic E-state index is 0.0321. The van der Waals surface area contributed by atoms with Crippen LogP contribution in [0.3, 0.4) is 0 Å². The molecule has 0 aromatic rings. The molecular formula is C14H22N2O4. The molecule has 0 heterocycles. The van der Waals surface area contributed by atoms with Crippen LogP contribution in [0.15, 0.2) is 11.1 Å². The number of rotatable bonds is 3. The minimum Gasteiger partial charge on any atom is -0.478 e. The van der Waals surface area contributed by atoms with Gasteiger partial charge in [-0.25, -0.2) is 9.59 Å². The number of carbonyl (C=O) groups excluding carboxylic acids is 2. The van der Waals surface area contributed by atoms with Crippen LogP contribution < -0.4 is 10.6 Å². The second-order valence-electron chi connectivity index (χ2n) is 5.45. The lowest BCUT2D eigenvalue weighted by atomic mass is 9.87. The van der Waals surface area contributed by atoms with Gasteiger partial charge in [-0.05, 0) is 32.6 Å². The molecule has 112 valence electrons. The normalized spacial score (nSPS) is 23.6. The van der Waals surface area contributed by atoms with Crippen LogP contribution in [0.1, 0.15) is 46.5 Å². The summed E-state index contributed by atoms with van der Waals surface area (Å²) in [4.78, 5) is 34.2. The van der Waals surface area contributed by atoms with Gasteiger partial charge in [0.1, 0.15) is 0 Å². The van der Waals surface area contributed by atoms with Gasteiger partial charge in [0.05, 0.1) is 0 Å². The first kappa shape index (κ1) is 16.2. The number of nitrogens with one attached hydrogen (secondary N) is 2. The average molecular weight is 282 g/mol. The Kier molecular flexibility index (Phi) is 5.73. The number of aliphatic carboxylic acids is 1. The molecule has 1 fully saturated rings. The first-order valence-electron chi connectivity index (χ1n) is 6.83. The Balaban J connectivity index is 2.52. The van der Waals surface area contributed by atoms with E-state index >= 15 is 0 Å². The van der Waals surface area contributed by atoms with Crippen LogP contribution in [0.25, 0.3) is 0 Å². The maximum Gasteiger partial charge on any atom is 0.331 e. The van der Waals surface area contributed by atoms with Gasteiger partial charge in [0, 0.05) is 17.2 Å². The topological polar surface area (TPSA) is 95.5 Å². The quantitative estimate of drug-likeness (QED) is 0.688. The minimum atomic E-state index is -1.17. The van der Waals surface area contributed by atoms with Crippen molar-refractivity contribution in [1.29, 1.82) is 0 Å². The van der Waals surface area contributed by atoms with E-state index in [4.69, 9.17) is 5.11 Å². The molecule has 1 rings (SSSR count). The van der Waals surface area contributed by atoms with Crippen LogP contribution in [0.2, 0.25) is 0 Å². The third-order valence-electron chi connectivity index (χ3n) is 3.72. The van der Waals surface area contributed by atoms with Crippen molar-refractivity contribution in [2.45, 2.75) is 52.5 Å². The van der Waals surface area contributed by atoms with Gasteiger partial charge in [0.15, 0.2) is 0 Å². The van der Waals surface area contributed by atoms with Gasteiger partial charge in [-0.3, -0.25) is 10.1 Å². The van der Waals surface area contributed by atoms with Gasteiger partial charge in [-0.2, -0.15) is 0 Å². The average Bonchev–Trinajstić information content (AvgIpc) is 2.36. The van der Waals surface area contributed by atoms with E-state index in [1.807, 2.05) is 0 Å². The van der Waals surface area contributed by atoms with E-state index in [1.165, 1.54) is 20.3 Å². The van der Waals surface area contributed by atoms with E-state index in [1.54, 1.807) is 0 Å². The molecule has 0 spiro atoms. The van der Waals surface area contributed by atoms with Crippen molar-refractivity contribution < 1.29 is 19.5 Å². The van der Waals surface area contributed by atoms with Gasteiger partial charge in [0.2, 0.25) is 0 Å². The Morgan fingerprint density at radius 2 is 1.75 bits per heavy atom. The van der Waals surface area contributed by atoms with E-state index in [-0.39, 0.29) is 17.2 Å². The Morgan fingerprint density at radius 1 is 1.10 bits per heavy atom. The SMILES string of the molecule is CC(C(=O)O)=C(C)C(=O)NC(=O)NC1CCCC(C)C1. The second-order valence-corrected chi connectivity index (χ2v) is 5.45. The summed E-state index contributed by atoms with van der Waals surface area (Å²) in [6, 6.07) is -0.483. The molecule has 0 aromatic carbocycles. The summed E-state index contributed by atoms with van der Waals surface area (Å²) in [5.74, 6) is -1.27. The number of hydrogen-bond donors (Lipinski definition) is 3. The van der Waals surface area contributed by atoms with Gasteiger partial charge in [-0.15, -0.1) is 0 Å². The molecule has 20 heavy (non-hydrogen) atoms. The fourth-order valence-electron chi connectivity index (χ4n) is 2.31. The molecular weight excluding hydrogens is 260 g/mol. The lowest BCUT2D eigenvalue weighted by molar-refractivity contribution is -0.133. The lowest BCUT2D eigenvalue weighted by Crippen LogP contribution is -2.46. The van der Waals surface area contributed by atoms with Gasteiger partial charge in [0.25, 0.3) is 5.91 Å². The molecule has 6 nitrogen and oxygen atoms in total. The third-order valence-corrected chi connectivity index (χ3v) is 3.72. The second kappa shape index (κ2) is 7.07. The van der Waals surface area contributed by atoms with Crippen molar-refractivity contribution in [1.82, 2.24) is 10.6 Å². The van der Waals surface area contributed by atoms with Crippen LogP contribution in [0.4, 0.5) is 4.79 Å². The van der Waals surface area contributed by atoms with Crippen LogP contribution in [0.5, 0.6) is 0 Å². The summed E-state index contributed by atoms with van der Waals surface area (Å²) < 4.78 is 0. The zero-order valence-corrected chi connectivity index (χ0v) is 12.2. The number of urea groups is 1. The van der Waals surface area contributed by atoms with Crippen molar-refractivity contribution >= 4 is 17.9 Å². The number of amides is 3. The lowest BCUT2D eigenvalue weighted by Gasteiger charge is -2.27. The third kappa shape index (κ3) is 4.68. The van der Waals surface area contributed by atoms with Crippen LogP contribution in [-0.2, 0) is 9.59 Å². The van der Waals surface area contributed by atoms with E-state index in [0.29, 0.717) is 5.92 Å². The molecule has 0 bridgehead atoms. The molecule has 0 saturated heterocycles. The molecule has 0 radical (unpaired) electrons. The number of carboxylic acid groups (broad SMARTS) is 1. The highest BCUT2D eigenvalue weighted by Crippen LogP contribution is 2.23. The summed E-state index contributed by atoms with van der Waals surface area (Å²) in [6.07, 6.45) is 4.05. The highest BCUT2D eigenvalue weighted by Gasteiger charge is 2.22. The van der Waals surface area contributed by atoms with Crippen molar-refractivity contribution in [3.63, 3.8) is 0 Å². The van der Waals surface area contributed by atoms with E-state index in [0.717, 1.165) is 19.3 Å². The molecule has 1 aliphatic rings. The summed E-state index contributed by atoms with van der Waals surface area (Å²) in [6.45, 7) is 4.85. The van der Waals surface area contributed by atoms with Gasteiger partial charge < -0.3 is 10.4 Å². The van der Waals surface area contributed by atoms with Crippen LogP contribution >= 0.6 is 0 Å². The van der Waals surface area contributed by atoms with E-state index in [9.17, 15) is 14.4 Å². The van der Waals surface area contributed by atoms with E-state index < -0.39 is 17.9 Å². The maximum absolute atomic E-state index is 11.7. The number of carboxylic acids is 1. The summed E-state index contributed by atoms with van der Waals surface area (Å²) in [5, 5.41) is 13.7. The fraction of sp³-hybridized carbons (Fsp3) is 0.643. The standard InChI is InChI=1S/C14H22N2O4/c1-8-5-4-6-11(7-8)15-14(20)16-12(17)9(2)10(3)13(18)19/h8,11H,4-7H2,1-3H3,(H,18,19)(H2,15,16,17,20). The van der Waals surface area contributed by atoms with E-state index in [2.05, 4.69) is 17.6 Å². The van der Waals surface area contributed by atoms with Gasteiger partial charge in [-0.1, -0.05) is 19.8 Å². The summed E-state index contributed by atoms with van der Waals surface area (Å²) in [7, 11) is 0. The number of hydrogen-bond acceptors (Lipinski definition) is 3. The Hall–Kier alpha value is -1.85. The largest absolute Gasteiger partial charge is 0.478 e. The zero-order chi connectivity index (χ0) is 15.3. The fourth-order valence-corrected chi connectivity index (χ4v) is 2.31. The van der Waals surface area contributed by atoms with Crippen LogP contribution in [-0.4, -0.2) is 29.1 Å².